The lowest BCUT2D eigenvalue weighted by Gasteiger charge is -2.21. The van der Waals surface area contributed by atoms with E-state index in [0.29, 0.717) is 16.3 Å². The summed E-state index contributed by atoms with van der Waals surface area (Å²) < 4.78 is 0. The lowest BCUT2D eigenvalue weighted by Crippen LogP contribution is -2.34. The molecule has 0 saturated heterocycles. The van der Waals surface area contributed by atoms with Crippen LogP contribution in [0, 0.1) is 0 Å². The molecule has 156 valence electrons. The molecule has 0 spiro atoms. The number of amides is 2. The van der Waals surface area contributed by atoms with E-state index >= 15 is 0 Å². The van der Waals surface area contributed by atoms with Crippen LogP contribution in [0.1, 0.15) is 25.8 Å². The Morgan fingerprint density at radius 2 is 1.67 bits per heavy atom. The number of amidine groups is 1. The standard InChI is InChI=1S/C20H15Cl4N3O3/c1-10(28)5-12-3-4-17(14(22)6-12)26(11(2)29)18-9-19(30)27(25-18)20-15(23)7-13(21)8-16(20)24/h3-4,6-8H,5,9H2,1-2H3. The first-order valence-corrected chi connectivity index (χ1v) is 10.2. The van der Waals surface area contributed by atoms with Crippen LogP contribution >= 0.6 is 46.4 Å². The van der Waals surface area contributed by atoms with Crippen LogP contribution in [-0.2, 0) is 20.8 Å². The molecule has 0 radical (unpaired) electrons. The summed E-state index contributed by atoms with van der Waals surface area (Å²) in [5, 5.41) is 6.18. The molecule has 1 aliphatic rings. The zero-order valence-electron chi connectivity index (χ0n) is 15.9. The Balaban J connectivity index is 2.02. The van der Waals surface area contributed by atoms with E-state index in [4.69, 9.17) is 46.4 Å². The maximum absolute atomic E-state index is 12.6. The van der Waals surface area contributed by atoms with E-state index in [1.807, 2.05) is 0 Å². The van der Waals surface area contributed by atoms with E-state index < -0.39 is 11.8 Å². The van der Waals surface area contributed by atoms with Crippen molar-refractivity contribution in [1.82, 2.24) is 0 Å². The molecule has 6 nitrogen and oxygen atoms in total. The highest BCUT2D eigenvalue weighted by atomic mass is 35.5. The molecule has 1 aliphatic heterocycles. The number of rotatable bonds is 4. The number of carbonyl (C=O) groups excluding carboxylic acids is 3. The van der Waals surface area contributed by atoms with Crippen molar-refractivity contribution in [2.24, 2.45) is 5.10 Å². The van der Waals surface area contributed by atoms with Crippen molar-refractivity contribution in [3.8, 4) is 0 Å². The summed E-state index contributed by atoms with van der Waals surface area (Å²) in [7, 11) is 0. The van der Waals surface area contributed by atoms with Gasteiger partial charge in [-0.3, -0.25) is 19.3 Å². The Hall–Kier alpha value is -2.12. The number of anilines is 2. The summed E-state index contributed by atoms with van der Waals surface area (Å²) in [5.74, 6) is -0.666. The van der Waals surface area contributed by atoms with Crippen molar-refractivity contribution < 1.29 is 14.4 Å². The minimum absolute atomic E-state index is 0.0135. The molecule has 0 unspecified atom stereocenters. The Labute approximate surface area is 192 Å². The summed E-state index contributed by atoms with van der Waals surface area (Å²) in [5.41, 5.74) is 1.23. The van der Waals surface area contributed by atoms with Gasteiger partial charge in [0.15, 0.2) is 0 Å². The third kappa shape index (κ3) is 4.62. The van der Waals surface area contributed by atoms with Gasteiger partial charge >= 0.3 is 0 Å². The molecule has 0 N–H and O–H groups in total. The third-order valence-electron chi connectivity index (χ3n) is 4.23. The van der Waals surface area contributed by atoms with E-state index in [9.17, 15) is 14.4 Å². The molecule has 1 heterocycles. The molecule has 0 atom stereocenters. The van der Waals surface area contributed by atoms with E-state index in [1.54, 1.807) is 18.2 Å². The first kappa shape index (κ1) is 22.6. The van der Waals surface area contributed by atoms with Crippen LogP contribution in [0.2, 0.25) is 20.1 Å². The predicted octanol–water partition coefficient (Wildman–Crippen LogP) is 5.54. The van der Waals surface area contributed by atoms with Crippen molar-refractivity contribution in [1.29, 1.82) is 0 Å². The van der Waals surface area contributed by atoms with Crippen LogP contribution in [0.3, 0.4) is 0 Å². The quantitative estimate of drug-likeness (QED) is 0.569. The third-order valence-corrected chi connectivity index (χ3v) is 5.33. The Morgan fingerprint density at radius 3 is 2.20 bits per heavy atom. The van der Waals surface area contributed by atoms with Gasteiger partial charge in [0.05, 0.1) is 27.2 Å². The average Bonchev–Trinajstić information content (AvgIpc) is 2.96. The number of Topliss-reactive ketones (excluding diaryl/α,β-unsaturated/α-hetero) is 1. The van der Waals surface area contributed by atoms with Crippen molar-refractivity contribution in [3.05, 3.63) is 56.0 Å². The second-order valence-electron chi connectivity index (χ2n) is 6.64. The van der Waals surface area contributed by atoms with Crippen molar-refractivity contribution >= 4 is 81.2 Å². The number of carbonyl (C=O) groups is 3. The fourth-order valence-electron chi connectivity index (χ4n) is 3.07. The topological polar surface area (TPSA) is 70.1 Å². The lowest BCUT2D eigenvalue weighted by molar-refractivity contribution is -0.117. The molecule has 2 aromatic carbocycles. The Morgan fingerprint density at radius 1 is 1.03 bits per heavy atom. The smallest absolute Gasteiger partial charge is 0.255 e. The van der Waals surface area contributed by atoms with Crippen LogP contribution in [-0.4, -0.2) is 23.4 Å². The molecule has 2 aromatic rings. The van der Waals surface area contributed by atoms with Crippen LogP contribution in [0.25, 0.3) is 0 Å². The van der Waals surface area contributed by atoms with Crippen LogP contribution in [0.15, 0.2) is 35.4 Å². The maximum Gasteiger partial charge on any atom is 0.255 e. The fourth-order valence-corrected chi connectivity index (χ4v) is 4.34. The van der Waals surface area contributed by atoms with E-state index in [-0.39, 0.29) is 45.2 Å². The molecule has 0 aliphatic carbocycles. The molecule has 3 rings (SSSR count). The minimum Gasteiger partial charge on any atom is -0.300 e. The first-order valence-electron chi connectivity index (χ1n) is 8.72. The summed E-state index contributed by atoms with van der Waals surface area (Å²) in [6.07, 6.45) is 0.0568. The number of benzene rings is 2. The lowest BCUT2D eigenvalue weighted by atomic mass is 10.1. The van der Waals surface area contributed by atoms with Gasteiger partial charge < -0.3 is 0 Å². The normalized spacial score (nSPS) is 13.5. The minimum atomic E-state index is -0.424. The number of ketones is 1. The fraction of sp³-hybridized carbons (Fsp3) is 0.200. The van der Waals surface area contributed by atoms with Gasteiger partial charge in [-0.2, -0.15) is 10.1 Å². The molecule has 0 bridgehead atoms. The van der Waals surface area contributed by atoms with Crippen LogP contribution in [0.4, 0.5) is 11.4 Å². The molecule has 30 heavy (non-hydrogen) atoms. The number of hydrogen-bond acceptors (Lipinski definition) is 4. The SMILES string of the molecule is CC(=O)Cc1ccc(N(C(C)=O)C2=NN(c3c(Cl)cc(Cl)cc3Cl)C(=O)C2)c(Cl)c1. The summed E-state index contributed by atoms with van der Waals surface area (Å²) >= 11 is 24.7. The highest BCUT2D eigenvalue weighted by Crippen LogP contribution is 2.39. The maximum atomic E-state index is 12.6. The number of hydrogen-bond donors (Lipinski definition) is 0. The molecule has 0 aromatic heterocycles. The highest BCUT2D eigenvalue weighted by Gasteiger charge is 2.34. The highest BCUT2D eigenvalue weighted by molar-refractivity contribution is 6.43. The molecule has 0 saturated carbocycles. The van der Waals surface area contributed by atoms with Gasteiger partial charge in [-0.15, -0.1) is 0 Å². The monoisotopic (exact) mass is 485 g/mol. The average molecular weight is 487 g/mol. The number of halogens is 4. The van der Waals surface area contributed by atoms with Crippen LogP contribution in [0.5, 0.6) is 0 Å². The van der Waals surface area contributed by atoms with Gasteiger partial charge in [0.25, 0.3) is 5.91 Å². The number of hydrazone groups is 1. The second-order valence-corrected chi connectivity index (χ2v) is 8.29. The van der Waals surface area contributed by atoms with Gasteiger partial charge in [-0.1, -0.05) is 52.5 Å². The van der Waals surface area contributed by atoms with Crippen molar-refractivity contribution in [3.63, 3.8) is 0 Å². The largest absolute Gasteiger partial charge is 0.300 e. The summed E-state index contributed by atoms with van der Waals surface area (Å²) in [4.78, 5) is 37.6. The zero-order chi connectivity index (χ0) is 22.2. The van der Waals surface area contributed by atoms with Gasteiger partial charge in [-0.25, -0.2) is 0 Å². The Kier molecular flexibility index (Phi) is 6.72. The first-order chi connectivity index (χ1) is 14.1. The molecule has 0 fully saturated rings. The van der Waals surface area contributed by atoms with Gasteiger partial charge in [0.1, 0.15) is 17.3 Å². The van der Waals surface area contributed by atoms with Gasteiger partial charge in [-0.05, 0) is 36.8 Å². The molecular formula is C20H15Cl4N3O3. The molecule has 2 amide bonds. The second kappa shape index (κ2) is 8.94. The van der Waals surface area contributed by atoms with E-state index in [1.165, 1.54) is 30.9 Å². The van der Waals surface area contributed by atoms with Gasteiger partial charge in [0, 0.05) is 18.4 Å². The van der Waals surface area contributed by atoms with Crippen LogP contribution < -0.4 is 9.91 Å². The number of nitrogens with zero attached hydrogens (tertiary/aromatic N) is 3. The summed E-state index contributed by atoms with van der Waals surface area (Å²) in [6, 6.07) is 7.80. The van der Waals surface area contributed by atoms with Gasteiger partial charge in [0.2, 0.25) is 5.91 Å². The predicted molar refractivity (Wildman–Crippen MR) is 120 cm³/mol. The summed E-state index contributed by atoms with van der Waals surface area (Å²) in [6.45, 7) is 2.81. The van der Waals surface area contributed by atoms with Crippen molar-refractivity contribution in [2.45, 2.75) is 26.7 Å². The molecule has 10 heteroatoms. The van der Waals surface area contributed by atoms with E-state index in [2.05, 4.69) is 5.10 Å². The zero-order valence-corrected chi connectivity index (χ0v) is 18.9. The molecular weight excluding hydrogens is 472 g/mol. The van der Waals surface area contributed by atoms with Crippen molar-refractivity contribution in [2.75, 3.05) is 9.91 Å². The Bertz CT molecular complexity index is 1080. The van der Waals surface area contributed by atoms with E-state index in [0.717, 1.165) is 5.01 Å².